The summed E-state index contributed by atoms with van der Waals surface area (Å²) in [4.78, 5) is 26.2. The first-order valence-electron chi connectivity index (χ1n) is 27.7. The standard InChI is InChI=1S/C57H107NO5/c1-4-7-10-13-16-19-22-24-26-28-30-32-34-36-39-42-45-48-53(51-56(61)58-54(52-59)55(60)49-46-43-40-37-21-18-15-12-9-6-3)63-57(62)50-47-44-41-38-35-33-31-29-27-25-23-20-17-14-11-8-5-2/h17,20,24-27,53-55,59-60H,4-16,18-19,21-23,28-52H2,1-3H3,(H,58,61)/b20-17-,26-24+,27-25-. The molecule has 0 saturated heterocycles. The lowest BCUT2D eigenvalue weighted by Gasteiger charge is -2.24. The number of aliphatic hydroxyl groups excluding tert-OH is 2. The number of esters is 1. The molecule has 0 fully saturated rings. The van der Waals surface area contributed by atoms with E-state index in [4.69, 9.17) is 4.74 Å². The van der Waals surface area contributed by atoms with Crippen LogP contribution in [-0.4, -0.2) is 46.9 Å². The fraction of sp³-hybridized carbons (Fsp3) is 0.860. The summed E-state index contributed by atoms with van der Waals surface area (Å²) in [6.45, 7) is 6.46. The molecule has 6 heteroatoms. The molecule has 6 nitrogen and oxygen atoms in total. The highest BCUT2D eigenvalue weighted by atomic mass is 16.5. The predicted molar refractivity (Wildman–Crippen MR) is 273 cm³/mol. The molecule has 0 aliphatic heterocycles. The average Bonchev–Trinajstić information content (AvgIpc) is 3.28. The van der Waals surface area contributed by atoms with Crippen LogP contribution in [0.1, 0.15) is 290 Å². The number of carbonyl (C=O) groups excluding carboxylic acids is 2. The molecule has 0 aromatic heterocycles. The number of aliphatic hydroxyl groups is 2. The molecule has 0 heterocycles. The second-order valence-corrected chi connectivity index (χ2v) is 19.0. The second kappa shape index (κ2) is 51.1. The number of hydrogen-bond acceptors (Lipinski definition) is 5. The lowest BCUT2D eigenvalue weighted by molar-refractivity contribution is -0.151. The van der Waals surface area contributed by atoms with Gasteiger partial charge >= 0.3 is 5.97 Å². The van der Waals surface area contributed by atoms with E-state index in [2.05, 4.69) is 62.5 Å². The third-order valence-electron chi connectivity index (χ3n) is 12.7. The maximum atomic E-state index is 13.2. The van der Waals surface area contributed by atoms with Crippen molar-refractivity contribution in [2.75, 3.05) is 6.61 Å². The van der Waals surface area contributed by atoms with Gasteiger partial charge in [-0.1, -0.05) is 231 Å². The Morgan fingerprint density at radius 3 is 1.25 bits per heavy atom. The minimum atomic E-state index is -0.788. The minimum Gasteiger partial charge on any atom is -0.462 e. The van der Waals surface area contributed by atoms with Crippen LogP contribution in [0.15, 0.2) is 36.5 Å². The molecule has 63 heavy (non-hydrogen) atoms. The molecule has 0 radical (unpaired) electrons. The second-order valence-electron chi connectivity index (χ2n) is 19.0. The third-order valence-corrected chi connectivity index (χ3v) is 12.7. The molecule has 0 aliphatic rings. The average molecular weight is 886 g/mol. The van der Waals surface area contributed by atoms with Gasteiger partial charge in [0.15, 0.2) is 0 Å². The van der Waals surface area contributed by atoms with Gasteiger partial charge in [0.25, 0.3) is 0 Å². The largest absolute Gasteiger partial charge is 0.462 e. The highest BCUT2D eigenvalue weighted by molar-refractivity contribution is 5.77. The predicted octanol–water partition coefficient (Wildman–Crippen LogP) is 16.8. The van der Waals surface area contributed by atoms with Crippen molar-refractivity contribution in [2.24, 2.45) is 0 Å². The number of allylic oxidation sites excluding steroid dienone is 6. The Morgan fingerprint density at radius 2 is 0.810 bits per heavy atom. The number of carbonyl (C=O) groups is 2. The van der Waals surface area contributed by atoms with Crippen molar-refractivity contribution in [3.8, 4) is 0 Å². The van der Waals surface area contributed by atoms with Crippen molar-refractivity contribution in [3.05, 3.63) is 36.5 Å². The zero-order valence-corrected chi connectivity index (χ0v) is 42.2. The Bertz CT molecular complexity index is 1040. The van der Waals surface area contributed by atoms with E-state index in [1.807, 2.05) is 0 Å². The summed E-state index contributed by atoms with van der Waals surface area (Å²) in [5.41, 5.74) is 0. The van der Waals surface area contributed by atoms with E-state index in [1.165, 1.54) is 173 Å². The molecular formula is C57H107NO5. The first-order valence-corrected chi connectivity index (χ1v) is 27.7. The van der Waals surface area contributed by atoms with Gasteiger partial charge in [-0.15, -0.1) is 0 Å². The molecule has 1 amide bonds. The SMILES string of the molecule is CCCCC/C=C\C/C=C\CCCCCCCCCC(=O)OC(CCCCCCCCC/C=C/CCCCCCCC)CC(=O)NC(CO)C(O)CCCCCCCCCCCC. The molecule has 370 valence electrons. The quantitative estimate of drug-likeness (QED) is 0.0321. The molecule has 0 bridgehead atoms. The maximum absolute atomic E-state index is 13.2. The van der Waals surface area contributed by atoms with E-state index in [0.717, 1.165) is 70.6 Å². The van der Waals surface area contributed by atoms with Crippen LogP contribution in [0.4, 0.5) is 0 Å². The summed E-state index contributed by atoms with van der Waals surface area (Å²) in [5, 5.41) is 23.8. The Kier molecular flexibility index (Phi) is 49.5. The van der Waals surface area contributed by atoms with Gasteiger partial charge in [0.2, 0.25) is 5.91 Å². The summed E-state index contributed by atoms with van der Waals surface area (Å²) in [6, 6.07) is -0.702. The van der Waals surface area contributed by atoms with Gasteiger partial charge in [-0.2, -0.15) is 0 Å². The van der Waals surface area contributed by atoms with E-state index in [1.54, 1.807) is 0 Å². The van der Waals surface area contributed by atoms with Crippen LogP contribution in [0, 0.1) is 0 Å². The Morgan fingerprint density at radius 1 is 0.460 bits per heavy atom. The van der Waals surface area contributed by atoms with Crippen molar-refractivity contribution in [3.63, 3.8) is 0 Å². The summed E-state index contributed by atoms with van der Waals surface area (Å²) in [7, 11) is 0. The van der Waals surface area contributed by atoms with Crippen molar-refractivity contribution < 1.29 is 24.5 Å². The van der Waals surface area contributed by atoms with Gasteiger partial charge in [-0.05, 0) is 83.5 Å². The molecule has 3 unspecified atom stereocenters. The summed E-state index contributed by atoms with van der Waals surface area (Å²) in [5.74, 6) is -0.476. The number of amides is 1. The smallest absolute Gasteiger partial charge is 0.306 e. The van der Waals surface area contributed by atoms with Crippen molar-refractivity contribution in [1.82, 2.24) is 5.32 Å². The van der Waals surface area contributed by atoms with Crippen molar-refractivity contribution >= 4 is 11.9 Å². The van der Waals surface area contributed by atoms with Gasteiger partial charge in [0.1, 0.15) is 6.10 Å². The number of nitrogens with one attached hydrogen (secondary N) is 1. The molecule has 0 saturated carbocycles. The fourth-order valence-corrected chi connectivity index (χ4v) is 8.46. The Balaban J connectivity index is 4.56. The monoisotopic (exact) mass is 886 g/mol. The van der Waals surface area contributed by atoms with Crippen LogP contribution < -0.4 is 5.32 Å². The molecular weight excluding hydrogens is 779 g/mol. The first-order chi connectivity index (χ1) is 31.0. The Hall–Kier alpha value is -1.92. The molecule has 0 aromatic rings. The van der Waals surface area contributed by atoms with Crippen LogP contribution >= 0.6 is 0 Å². The summed E-state index contributed by atoms with van der Waals surface area (Å²) < 4.78 is 5.95. The number of hydrogen-bond donors (Lipinski definition) is 3. The summed E-state index contributed by atoms with van der Waals surface area (Å²) >= 11 is 0. The van der Waals surface area contributed by atoms with Crippen LogP contribution in [-0.2, 0) is 14.3 Å². The third kappa shape index (κ3) is 46.4. The van der Waals surface area contributed by atoms with Crippen molar-refractivity contribution in [2.45, 2.75) is 309 Å². The molecule has 0 aromatic carbocycles. The summed E-state index contributed by atoms with van der Waals surface area (Å²) in [6.07, 6.45) is 60.6. The minimum absolute atomic E-state index is 0.0739. The van der Waals surface area contributed by atoms with Crippen LogP contribution in [0.3, 0.4) is 0 Å². The molecule has 0 rings (SSSR count). The van der Waals surface area contributed by atoms with E-state index < -0.39 is 18.2 Å². The number of rotatable bonds is 50. The van der Waals surface area contributed by atoms with E-state index in [9.17, 15) is 19.8 Å². The van der Waals surface area contributed by atoms with Gasteiger partial charge in [0.05, 0.1) is 25.2 Å². The van der Waals surface area contributed by atoms with Crippen LogP contribution in [0.5, 0.6) is 0 Å². The molecule has 0 spiro atoms. The fourth-order valence-electron chi connectivity index (χ4n) is 8.46. The molecule has 3 atom stereocenters. The van der Waals surface area contributed by atoms with Crippen LogP contribution in [0.2, 0.25) is 0 Å². The first kappa shape index (κ1) is 61.1. The van der Waals surface area contributed by atoms with Crippen LogP contribution in [0.25, 0.3) is 0 Å². The maximum Gasteiger partial charge on any atom is 0.306 e. The van der Waals surface area contributed by atoms with Crippen molar-refractivity contribution in [1.29, 1.82) is 0 Å². The molecule has 0 aliphatic carbocycles. The highest BCUT2D eigenvalue weighted by Crippen LogP contribution is 2.18. The number of ether oxygens (including phenoxy) is 1. The topological polar surface area (TPSA) is 95.9 Å². The van der Waals surface area contributed by atoms with E-state index in [-0.39, 0.29) is 24.9 Å². The van der Waals surface area contributed by atoms with E-state index in [0.29, 0.717) is 19.3 Å². The van der Waals surface area contributed by atoms with Gasteiger partial charge in [-0.25, -0.2) is 0 Å². The number of unbranched alkanes of at least 4 members (excludes halogenated alkanes) is 32. The van der Waals surface area contributed by atoms with Gasteiger partial charge in [0, 0.05) is 6.42 Å². The van der Waals surface area contributed by atoms with Gasteiger partial charge < -0.3 is 20.3 Å². The lowest BCUT2D eigenvalue weighted by Crippen LogP contribution is -2.46. The highest BCUT2D eigenvalue weighted by Gasteiger charge is 2.24. The normalized spacial score (nSPS) is 13.4. The van der Waals surface area contributed by atoms with E-state index >= 15 is 0 Å². The van der Waals surface area contributed by atoms with Gasteiger partial charge in [-0.3, -0.25) is 9.59 Å². The zero-order chi connectivity index (χ0) is 45.9. The Labute approximate surface area is 392 Å². The zero-order valence-electron chi connectivity index (χ0n) is 42.2. The molecule has 3 N–H and O–H groups in total. The lowest BCUT2D eigenvalue weighted by atomic mass is 10.0.